The summed E-state index contributed by atoms with van der Waals surface area (Å²) in [6, 6.07) is 4.46. The minimum Gasteiger partial charge on any atom is -0.369 e. The Hall–Kier alpha value is -2.44. The first-order valence-corrected chi connectivity index (χ1v) is 5.89. The average Bonchev–Trinajstić information content (AvgIpc) is 2.89. The van der Waals surface area contributed by atoms with Crippen LogP contribution in [-0.2, 0) is 20.0 Å². The molecule has 0 unspecified atom stereocenters. The third-order valence-electron chi connectivity index (χ3n) is 2.95. The number of aryl methyl sites for hydroxylation is 3. The molecule has 7 heteroatoms. The van der Waals surface area contributed by atoms with Crippen LogP contribution in [0.2, 0.25) is 0 Å². The van der Waals surface area contributed by atoms with Crippen LogP contribution in [0.1, 0.15) is 5.82 Å². The highest BCUT2D eigenvalue weighted by Gasteiger charge is 2.09. The van der Waals surface area contributed by atoms with E-state index in [2.05, 4.69) is 15.1 Å². The van der Waals surface area contributed by atoms with Crippen molar-refractivity contribution in [3.63, 3.8) is 0 Å². The lowest BCUT2D eigenvalue weighted by molar-refractivity contribution is 0.629. The van der Waals surface area contributed by atoms with Crippen molar-refractivity contribution in [2.24, 2.45) is 7.05 Å². The van der Waals surface area contributed by atoms with Gasteiger partial charge >= 0.3 is 0 Å². The van der Waals surface area contributed by atoms with Crippen molar-refractivity contribution >= 4 is 17.0 Å². The van der Waals surface area contributed by atoms with Gasteiger partial charge in [-0.2, -0.15) is 5.10 Å². The summed E-state index contributed by atoms with van der Waals surface area (Å²) in [5, 5.41) is 4.20. The fourth-order valence-electron chi connectivity index (χ4n) is 2.07. The van der Waals surface area contributed by atoms with Crippen molar-refractivity contribution in [1.82, 2.24) is 24.3 Å². The minimum absolute atomic E-state index is 0.316. The fourth-order valence-corrected chi connectivity index (χ4v) is 2.07. The molecule has 0 radical (unpaired) electrons. The molecular weight excluding hydrogens is 247 g/mol. The molecule has 0 aliphatic rings. The number of hydrogen-bond acceptors (Lipinski definition) is 4. The smallest absolute Gasteiger partial charge is 0.201 e. The molecule has 0 aliphatic carbocycles. The lowest BCUT2D eigenvalue weighted by Gasteiger charge is -2.04. The summed E-state index contributed by atoms with van der Waals surface area (Å²) < 4.78 is 16.6. The predicted octanol–water partition coefficient (Wildman–Crippen LogP) is 1.13. The Labute approximate surface area is 108 Å². The Morgan fingerprint density at radius 3 is 2.95 bits per heavy atom. The molecule has 0 fully saturated rings. The van der Waals surface area contributed by atoms with Gasteiger partial charge in [0.2, 0.25) is 5.95 Å². The number of hydrogen-bond donors (Lipinski definition) is 1. The van der Waals surface area contributed by atoms with Gasteiger partial charge in [-0.3, -0.25) is 4.68 Å². The monoisotopic (exact) mass is 260 g/mol. The lowest BCUT2D eigenvalue weighted by Crippen LogP contribution is -2.06. The molecule has 3 aromatic rings. The quantitative estimate of drug-likeness (QED) is 0.766. The van der Waals surface area contributed by atoms with Gasteiger partial charge in [0.15, 0.2) is 5.82 Å². The Morgan fingerprint density at radius 2 is 2.21 bits per heavy atom. The zero-order chi connectivity index (χ0) is 13.4. The molecule has 0 spiro atoms. The molecule has 0 bridgehead atoms. The van der Waals surface area contributed by atoms with Crippen LogP contribution in [0, 0.1) is 5.82 Å². The Balaban J connectivity index is 1.90. The number of anilines is 1. The molecule has 0 amide bonds. The Bertz CT molecular complexity index is 729. The van der Waals surface area contributed by atoms with Gasteiger partial charge in [-0.05, 0) is 12.1 Å². The number of imidazole rings is 1. The van der Waals surface area contributed by atoms with Crippen LogP contribution in [-0.4, -0.2) is 24.3 Å². The summed E-state index contributed by atoms with van der Waals surface area (Å²) in [5.41, 5.74) is 7.23. The third-order valence-corrected chi connectivity index (χ3v) is 2.95. The second-order valence-electron chi connectivity index (χ2n) is 4.34. The summed E-state index contributed by atoms with van der Waals surface area (Å²) in [6.45, 7) is 0.609. The van der Waals surface area contributed by atoms with E-state index in [1.807, 2.05) is 11.6 Å². The zero-order valence-corrected chi connectivity index (χ0v) is 10.4. The highest BCUT2D eigenvalue weighted by atomic mass is 19.1. The lowest BCUT2D eigenvalue weighted by atomic mass is 10.3. The molecule has 3 rings (SSSR count). The summed E-state index contributed by atoms with van der Waals surface area (Å²) >= 11 is 0. The van der Waals surface area contributed by atoms with Gasteiger partial charge in [0.25, 0.3) is 0 Å². The van der Waals surface area contributed by atoms with Crippen LogP contribution in [0.5, 0.6) is 0 Å². The topological polar surface area (TPSA) is 74.5 Å². The Morgan fingerprint density at radius 1 is 1.37 bits per heavy atom. The zero-order valence-electron chi connectivity index (χ0n) is 10.4. The maximum absolute atomic E-state index is 13.1. The van der Waals surface area contributed by atoms with Gasteiger partial charge in [-0.1, -0.05) is 0 Å². The number of benzene rings is 1. The van der Waals surface area contributed by atoms with Gasteiger partial charge in [0, 0.05) is 26.1 Å². The summed E-state index contributed by atoms with van der Waals surface area (Å²) in [4.78, 5) is 8.30. The summed E-state index contributed by atoms with van der Waals surface area (Å²) in [5.74, 6) is 0.797. The number of aromatic nitrogens is 5. The van der Waals surface area contributed by atoms with Gasteiger partial charge in [-0.25, -0.2) is 14.4 Å². The summed E-state index contributed by atoms with van der Waals surface area (Å²) in [6.07, 6.45) is 2.30. The van der Waals surface area contributed by atoms with Gasteiger partial charge in [0.05, 0.1) is 11.0 Å². The van der Waals surface area contributed by atoms with Crippen molar-refractivity contribution in [1.29, 1.82) is 0 Å². The molecule has 0 atom stereocenters. The number of rotatable bonds is 3. The first-order chi connectivity index (χ1) is 9.13. The van der Waals surface area contributed by atoms with Crippen molar-refractivity contribution in [3.05, 3.63) is 36.2 Å². The van der Waals surface area contributed by atoms with Gasteiger partial charge in [0.1, 0.15) is 12.1 Å². The largest absolute Gasteiger partial charge is 0.369 e. The van der Waals surface area contributed by atoms with Crippen LogP contribution in [0.15, 0.2) is 24.5 Å². The van der Waals surface area contributed by atoms with Crippen molar-refractivity contribution in [2.45, 2.75) is 13.0 Å². The normalized spacial score (nSPS) is 11.3. The van der Waals surface area contributed by atoms with Crippen LogP contribution in [0.3, 0.4) is 0 Å². The first-order valence-electron chi connectivity index (χ1n) is 5.89. The van der Waals surface area contributed by atoms with E-state index in [0.29, 0.717) is 24.4 Å². The van der Waals surface area contributed by atoms with E-state index in [1.165, 1.54) is 12.1 Å². The van der Waals surface area contributed by atoms with Crippen LogP contribution in [0.4, 0.5) is 10.3 Å². The van der Waals surface area contributed by atoms with E-state index in [0.717, 1.165) is 11.3 Å². The average molecular weight is 260 g/mol. The minimum atomic E-state index is -0.316. The molecule has 98 valence electrons. The molecule has 2 N–H and O–H groups in total. The molecule has 0 saturated heterocycles. The van der Waals surface area contributed by atoms with Crippen molar-refractivity contribution in [2.75, 3.05) is 5.73 Å². The maximum atomic E-state index is 13.1. The highest BCUT2D eigenvalue weighted by molar-refractivity contribution is 5.78. The predicted molar refractivity (Wildman–Crippen MR) is 68.8 cm³/mol. The molecule has 1 aromatic carbocycles. The van der Waals surface area contributed by atoms with E-state index in [1.54, 1.807) is 17.1 Å². The van der Waals surface area contributed by atoms with Crippen molar-refractivity contribution in [3.8, 4) is 0 Å². The fraction of sp³-hybridized carbons (Fsp3) is 0.250. The number of halogens is 1. The molecule has 0 aliphatic heterocycles. The standard InChI is InChI=1S/C12H13FN6/c1-18-7-15-11(17-18)4-5-19-10-3-2-8(13)6-9(10)16-12(19)14/h2-3,6-7H,4-5H2,1H3,(H2,14,16). The molecule has 0 saturated carbocycles. The second-order valence-corrected chi connectivity index (χ2v) is 4.34. The number of fused-ring (bicyclic) bond motifs is 1. The van der Waals surface area contributed by atoms with Gasteiger partial charge < -0.3 is 10.3 Å². The maximum Gasteiger partial charge on any atom is 0.201 e. The van der Waals surface area contributed by atoms with Crippen molar-refractivity contribution < 1.29 is 4.39 Å². The van der Waals surface area contributed by atoms with Gasteiger partial charge in [-0.15, -0.1) is 0 Å². The van der Waals surface area contributed by atoms with E-state index < -0.39 is 0 Å². The molecule has 19 heavy (non-hydrogen) atoms. The number of nitrogens with two attached hydrogens (primary N) is 1. The van der Waals surface area contributed by atoms with Crippen LogP contribution >= 0.6 is 0 Å². The third kappa shape index (κ3) is 2.14. The van der Waals surface area contributed by atoms with E-state index in [9.17, 15) is 4.39 Å². The van der Waals surface area contributed by atoms with E-state index >= 15 is 0 Å². The molecular formula is C12H13FN6. The molecule has 6 nitrogen and oxygen atoms in total. The van der Waals surface area contributed by atoms with E-state index in [-0.39, 0.29) is 5.82 Å². The summed E-state index contributed by atoms with van der Waals surface area (Å²) in [7, 11) is 1.82. The number of nitrogens with zero attached hydrogens (tertiary/aromatic N) is 5. The van der Waals surface area contributed by atoms with Crippen LogP contribution in [0.25, 0.3) is 11.0 Å². The molecule has 2 heterocycles. The highest BCUT2D eigenvalue weighted by Crippen LogP contribution is 2.19. The van der Waals surface area contributed by atoms with E-state index in [4.69, 9.17) is 5.73 Å². The van der Waals surface area contributed by atoms with Crippen LogP contribution < -0.4 is 5.73 Å². The molecule has 2 aromatic heterocycles. The SMILES string of the molecule is Cn1cnc(CCn2c(N)nc3cc(F)ccc32)n1. The Kier molecular flexibility index (Phi) is 2.66. The number of nitrogen functional groups attached to an aromatic ring is 1. The second kappa shape index (κ2) is 4.34. The first kappa shape index (κ1) is 11.6.